The molecule has 2 aliphatic carbocycles. The highest BCUT2D eigenvalue weighted by atomic mass is 16.5. The summed E-state index contributed by atoms with van der Waals surface area (Å²) < 4.78 is 16.1. The lowest BCUT2D eigenvalue weighted by atomic mass is 9.88. The Morgan fingerprint density at radius 3 is 2.39 bits per heavy atom. The molecule has 0 saturated carbocycles. The summed E-state index contributed by atoms with van der Waals surface area (Å²) in [4.78, 5) is 58.1. The van der Waals surface area contributed by atoms with Gasteiger partial charge in [-0.25, -0.2) is 9.59 Å². The van der Waals surface area contributed by atoms with Crippen molar-refractivity contribution in [1.82, 2.24) is 9.78 Å². The summed E-state index contributed by atoms with van der Waals surface area (Å²) in [6.07, 6.45) is 4.59. The van der Waals surface area contributed by atoms with Crippen LogP contribution in [-0.2, 0) is 42.1 Å². The normalized spacial score (nSPS) is 17.2. The summed E-state index contributed by atoms with van der Waals surface area (Å²) in [5, 5.41) is 4.08. The molecule has 1 aromatic rings. The number of Topliss-reactive ketones (excluding diaryl/α,β-unsaturated/α-hetero) is 3. The molecular formula is C23H30N2O8. The molecule has 0 aromatic carbocycles. The fraction of sp³-hybridized carbons (Fsp3) is 0.565. The molecule has 1 heterocycles. The topological polar surface area (TPSA) is 131 Å². The van der Waals surface area contributed by atoms with E-state index in [9.17, 15) is 24.0 Å². The summed E-state index contributed by atoms with van der Waals surface area (Å²) in [6.45, 7) is 5.92. The molecule has 33 heavy (non-hydrogen) atoms. The average Bonchev–Trinajstić information content (AvgIpc) is 3.13. The number of carbonyl (C=O) groups excluding carboxylic acids is 5. The van der Waals surface area contributed by atoms with Crippen molar-refractivity contribution in [3.8, 4) is 0 Å². The molecule has 2 aliphatic rings. The summed E-state index contributed by atoms with van der Waals surface area (Å²) in [5.41, 5.74) is 1.61. The van der Waals surface area contributed by atoms with E-state index in [4.69, 9.17) is 9.47 Å². The van der Waals surface area contributed by atoms with E-state index in [-0.39, 0.29) is 18.1 Å². The lowest BCUT2D eigenvalue weighted by Crippen LogP contribution is -2.34. The number of hydrogen-bond donors (Lipinski definition) is 0. The van der Waals surface area contributed by atoms with E-state index in [2.05, 4.69) is 9.84 Å². The molecule has 0 N–H and O–H groups in total. The smallest absolute Gasteiger partial charge is 0.375 e. The van der Waals surface area contributed by atoms with Gasteiger partial charge in [-0.2, -0.15) is 5.10 Å². The molecule has 1 unspecified atom stereocenters. The largest absolute Gasteiger partial charge is 0.490 e. The fourth-order valence-electron chi connectivity index (χ4n) is 3.73. The van der Waals surface area contributed by atoms with Crippen molar-refractivity contribution in [3.63, 3.8) is 0 Å². The first-order valence-corrected chi connectivity index (χ1v) is 11.1. The standard InChI is InChI=1S/C12H16O5.C11H14N2O3/c1-3-16-9-7-5-6-8(10(9)13)11(14)12(15)17-4-2;1-3-16-11(15)9-7-5-4-6-8(14)10(7)13(2)12-9/h7-8H,3-6H2,1-2H3;3-6H2,1-2H3. The molecule has 0 amide bonds. The molecule has 10 heteroatoms. The molecule has 0 aliphatic heterocycles. The van der Waals surface area contributed by atoms with Crippen molar-refractivity contribution in [2.45, 2.75) is 52.9 Å². The summed E-state index contributed by atoms with van der Waals surface area (Å²) in [6, 6.07) is 0. The maximum Gasteiger partial charge on any atom is 0.375 e. The molecule has 1 atom stereocenters. The van der Waals surface area contributed by atoms with Crippen LogP contribution in [0.5, 0.6) is 0 Å². The van der Waals surface area contributed by atoms with Crippen molar-refractivity contribution in [2.75, 3.05) is 19.8 Å². The summed E-state index contributed by atoms with van der Waals surface area (Å²) in [7, 11) is 1.69. The minimum Gasteiger partial charge on any atom is -0.490 e. The van der Waals surface area contributed by atoms with Gasteiger partial charge in [-0.3, -0.25) is 19.1 Å². The van der Waals surface area contributed by atoms with Crippen molar-refractivity contribution in [3.05, 3.63) is 28.8 Å². The van der Waals surface area contributed by atoms with Gasteiger partial charge in [0, 0.05) is 19.0 Å². The second-order valence-electron chi connectivity index (χ2n) is 7.38. The van der Waals surface area contributed by atoms with Crippen molar-refractivity contribution < 1.29 is 38.2 Å². The fourth-order valence-corrected chi connectivity index (χ4v) is 3.73. The minimum atomic E-state index is -0.944. The third-order valence-corrected chi connectivity index (χ3v) is 5.15. The van der Waals surface area contributed by atoms with Crippen LogP contribution in [0.3, 0.4) is 0 Å². The number of nitrogens with zero attached hydrogens (tertiary/aromatic N) is 2. The predicted octanol–water partition coefficient (Wildman–Crippen LogP) is 2.13. The second kappa shape index (κ2) is 12.1. The van der Waals surface area contributed by atoms with Gasteiger partial charge in [0.15, 0.2) is 17.2 Å². The van der Waals surface area contributed by atoms with Crippen LogP contribution in [-0.4, -0.2) is 58.9 Å². The number of aryl methyl sites for hydroxylation is 1. The first-order valence-electron chi connectivity index (χ1n) is 11.1. The van der Waals surface area contributed by atoms with Gasteiger partial charge in [-0.05, 0) is 52.5 Å². The van der Waals surface area contributed by atoms with E-state index in [1.807, 2.05) is 0 Å². The van der Waals surface area contributed by atoms with Crippen LogP contribution in [0.15, 0.2) is 11.8 Å². The van der Waals surface area contributed by atoms with Gasteiger partial charge in [0.25, 0.3) is 5.78 Å². The highest BCUT2D eigenvalue weighted by molar-refractivity contribution is 6.39. The first-order chi connectivity index (χ1) is 15.8. The van der Waals surface area contributed by atoms with Crippen LogP contribution in [0.1, 0.15) is 73.0 Å². The van der Waals surface area contributed by atoms with Gasteiger partial charge < -0.3 is 14.2 Å². The first kappa shape index (κ1) is 26.0. The van der Waals surface area contributed by atoms with Crippen molar-refractivity contribution in [1.29, 1.82) is 0 Å². The summed E-state index contributed by atoms with van der Waals surface area (Å²) >= 11 is 0. The van der Waals surface area contributed by atoms with Gasteiger partial charge in [0.2, 0.25) is 5.78 Å². The SMILES string of the molecule is CCOC(=O)C(=O)C1CCC=C(OCC)C1=O.CCOC(=O)c1nn(C)c2c1CCCC2=O. The molecule has 0 saturated heterocycles. The van der Waals surface area contributed by atoms with E-state index < -0.39 is 29.4 Å². The predicted molar refractivity (Wildman–Crippen MR) is 116 cm³/mol. The molecule has 1 aromatic heterocycles. The third kappa shape index (κ3) is 6.15. The Bertz CT molecular complexity index is 960. The van der Waals surface area contributed by atoms with Crippen LogP contribution >= 0.6 is 0 Å². The molecule has 180 valence electrons. The Morgan fingerprint density at radius 1 is 1.06 bits per heavy atom. The number of carbonyl (C=O) groups is 5. The molecular weight excluding hydrogens is 432 g/mol. The number of hydrogen-bond acceptors (Lipinski definition) is 9. The monoisotopic (exact) mass is 462 g/mol. The number of ether oxygens (including phenoxy) is 3. The maximum absolute atomic E-state index is 11.8. The third-order valence-electron chi connectivity index (χ3n) is 5.15. The Labute approximate surface area is 192 Å². The molecule has 0 spiro atoms. The highest BCUT2D eigenvalue weighted by Crippen LogP contribution is 2.24. The lowest BCUT2D eigenvalue weighted by molar-refractivity contribution is -0.157. The van der Waals surface area contributed by atoms with Crippen LogP contribution in [0.4, 0.5) is 0 Å². The van der Waals surface area contributed by atoms with Gasteiger partial charge in [0.1, 0.15) is 5.69 Å². The quantitative estimate of drug-likeness (QED) is 0.340. The molecule has 0 radical (unpaired) electrons. The van der Waals surface area contributed by atoms with Gasteiger partial charge in [-0.15, -0.1) is 0 Å². The lowest BCUT2D eigenvalue weighted by Gasteiger charge is -2.19. The van der Waals surface area contributed by atoms with E-state index in [0.717, 1.165) is 18.4 Å². The molecule has 10 nitrogen and oxygen atoms in total. The van der Waals surface area contributed by atoms with E-state index >= 15 is 0 Å². The maximum atomic E-state index is 11.8. The Balaban J connectivity index is 0.000000234. The molecule has 0 bridgehead atoms. The Morgan fingerprint density at radius 2 is 1.76 bits per heavy atom. The van der Waals surface area contributed by atoms with Crippen LogP contribution in [0.25, 0.3) is 0 Å². The van der Waals surface area contributed by atoms with E-state index in [1.54, 1.807) is 33.9 Å². The average molecular weight is 462 g/mol. The van der Waals surface area contributed by atoms with Crippen molar-refractivity contribution in [2.24, 2.45) is 13.0 Å². The van der Waals surface area contributed by atoms with Crippen molar-refractivity contribution >= 4 is 29.3 Å². The van der Waals surface area contributed by atoms with Crippen LogP contribution in [0.2, 0.25) is 0 Å². The van der Waals surface area contributed by atoms with Gasteiger partial charge in [0.05, 0.1) is 25.7 Å². The van der Waals surface area contributed by atoms with Gasteiger partial charge in [-0.1, -0.05) is 0 Å². The number of aromatic nitrogens is 2. The Hall–Kier alpha value is -3.30. The zero-order valence-electron chi connectivity index (χ0n) is 19.5. The van der Waals surface area contributed by atoms with Gasteiger partial charge >= 0.3 is 11.9 Å². The Kier molecular flexibility index (Phi) is 9.50. The second-order valence-corrected chi connectivity index (χ2v) is 7.38. The van der Waals surface area contributed by atoms with Crippen LogP contribution < -0.4 is 0 Å². The minimum absolute atomic E-state index is 0.0619. The number of esters is 2. The number of ketones is 3. The van der Waals surface area contributed by atoms with E-state index in [0.29, 0.717) is 43.9 Å². The zero-order valence-corrected chi connectivity index (χ0v) is 19.5. The zero-order chi connectivity index (χ0) is 24.5. The number of fused-ring (bicyclic) bond motifs is 1. The summed E-state index contributed by atoms with van der Waals surface area (Å²) in [5.74, 6) is -3.27. The van der Waals surface area contributed by atoms with E-state index in [1.165, 1.54) is 4.68 Å². The highest BCUT2D eigenvalue weighted by Gasteiger charge is 2.36. The number of allylic oxidation sites excluding steroid dienone is 2. The number of rotatable bonds is 7. The molecule has 0 fully saturated rings. The molecule has 3 rings (SSSR count). The van der Waals surface area contributed by atoms with Crippen LogP contribution in [0, 0.1) is 5.92 Å².